The van der Waals surface area contributed by atoms with Gasteiger partial charge in [0.25, 0.3) is 0 Å². The molecule has 0 bridgehead atoms. The van der Waals surface area contributed by atoms with Crippen molar-refractivity contribution in [2.75, 3.05) is 6.61 Å². The summed E-state index contributed by atoms with van der Waals surface area (Å²) < 4.78 is 4.94. The minimum atomic E-state index is -0.669. The van der Waals surface area contributed by atoms with E-state index in [4.69, 9.17) is 4.74 Å². The van der Waals surface area contributed by atoms with Crippen LogP contribution in [-0.2, 0) is 9.53 Å². The number of hydrogen-bond donors (Lipinski definition) is 0. The van der Waals surface area contributed by atoms with E-state index in [1.165, 1.54) is 12.3 Å². The minimum absolute atomic E-state index is 0.0662. The normalized spacial score (nSPS) is 11.0. The number of hydrogen-bond acceptors (Lipinski definition) is 5. The van der Waals surface area contributed by atoms with Crippen LogP contribution in [0, 0.1) is 0 Å². The highest BCUT2D eigenvalue weighted by molar-refractivity contribution is 6.26. The molecule has 0 saturated carbocycles. The van der Waals surface area contributed by atoms with E-state index in [-0.39, 0.29) is 12.2 Å². The van der Waals surface area contributed by atoms with Gasteiger partial charge < -0.3 is 4.74 Å². The van der Waals surface area contributed by atoms with E-state index in [1.54, 1.807) is 49.6 Å². The lowest BCUT2D eigenvalue weighted by atomic mass is 10.0. The maximum absolute atomic E-state index is 12.4. The number of pyridine rings is 2. The van der Waals surface area contributed by atoms with Crippen molar-refractivity contribution in [3.8, 4) is 0 Å². The van der Waals surface area contributed by atoms with Crippen LogP contribution in [0.25, 0.3) is 6.08 Å². The fourth-order valence-corrected chi connectivity index (χ4v) is 1.69. The lowest BCUT2D eigenvalue weighted by molar-refractivity contribution is -0.137. The number of ether oxygens (including phenoxy) is 1. The molecule has 0 amide bonds. The van der Waals surface area contributed by atoms with Gasteiger partial charge in [0.1, 0.15) is 5.57 Å². The molecule has 0 aliphatic heterocycles. The topological polar surface area (TPSA) is 69.2 Å². The lowest BCUT2D eigenvalue weighted by Gasteiger charge is -2.06. The van der Waals surface area contributed by atoms with Gasteiger partial charge in [0.15, 0.2) is 0 Å². The van der Waals surface area contributed by atoms with E-state index in [0.717, 1.165) is 0 Å². The zero-order chi connectivity index (χ0) is 15.1. The predicted octanol–water partition coefficient (Wildman–Crippen LogP) is 2.31. The molecule has 0 radical (unpaired) electrons. The Morgan fingerprint density at radius 2 is 2.05 bits per heavy atom. The average molecular weight is 282 g/mol. The fraction of sp³-hybridized carbons (Fsp3) is 0.125. The first kappa shape index (κ1) is 14.6. The number of rotatable bonds is 5. The minimum Gasteiger partial charge on any atom is -0.462 e. The Bertz CT molecular complexity index is 652. The van der Waals surface area contributed by atoms with Gasteiger partial charge in [0.2, 0.25) is 5.78 Å². The number of Topliss-reactive ketones (excluding diaryl/α,β-unsaturated/α-hetero) is 1. The molecular weight excluding hydrogens is 268 g/mol. The van der Waals surface area contributed by atoms with Crippen molar-refractivity contribution in [3.05, 3.63) is 65.8 Å². The van der Waals surface area contributed by atoms with Crippen LogP contribution in [0.3, 0.4) is 0 Å². The fourth-order valence-electron chi connectivity index (χ4n) is 1.69. The van der Waals surface area contributed by atoms with E-state index >= 15 is 0 Å². The third-order valence-corrected chi connectivity index (χ3v) is 2.64. The van der Waals surface area contributed by atoms with Gasteiger partial charge in [0.05, 0.1) is 12.3 Å². The van der Waals surface area contributed by atoms with E-state index in [2.05, 4.69) is 9.97 Å². The van der Waals surface area contributed by atoms with E-state index in [1.807, 2.05) is 0 Å². The Morgan fingerprint density at radius 3 is 2.67 bits per heavy atom. The third-order valence-electron chi connectivity index (χ3n) is 2.64. The second-order valence-corrected chi connectivity index (χ2v) is 4.10. The molecule has 0 aliphatic rings. The molecule has 2 aromatic rings. The van der Waals surface area contributed by atoms with E-state index < -0.39 is 11.8 Å². The van der Waals surface area contributed by atoms with Gasteiger partial charge >= 0.3 is 5.97 Å². The molecule has 0 atom stereocenters. The number of ketones is 1. The molecule has 2 rings (SSSR count). The molecule has 0 unspecified atom stereocenters. The summed E-state index contributed by atoms with van der Waals surface area (Å²) in [6.45, 7) is 1.88. The van der Waals surface area contributed by atoms with Crippen LogP contribution in [0.5, 0.6) is 0 Å². The van der Waals surface area contributed by atoms with Crippen molar-refractivity contribution >= 4 is 17.8 Å². The van der Waals surface area contributed by atoms with Crippen LogP contribution >= 0.6 is 0 Å². The summed E-state index contributed by atoms with van der Waals surface area (Å²) in [7, 11) is 0. The molecule has 5 heteroatoms. The van der Waals surface area contributed by atoms with Gasteiger partial charge in [-0.15, -0.1) is 0 Å². The van der Waals surface area contributed by atoms with Gasteiger partial charge in [-0.1, -0.05) is 6.07 Å². The predicted molar refractivity (Wildman–Crippen MR) is 77.4 cm³/mol. The molecule has 0 fully saturated rings. The molecule has 0 aliphatic carbocycles. The highest BCUT2D eigenvalue weighted by Gasteiger charge is 2.21. The third kappa shape index (κ3) is 3.82. The summed E-state index contributed by atoms with van der Waals surface area (Å²) in [6.07, 6.45) is 5.98. The van der Waals surface area contributed by atoms with Crippen molar-refractivity contribution in [3.63, 3.8) is 0 Å². The monoisotopic (exact) mass is 282 g/mol. The molecule has 2 heterocycles. The highest BCUT2D eigenvalue weighted by Crippen LogP contribution is 2.13. The quantitative estimate of drug-likeness (QED) is 0.277. The Labute approximate surface area is 122 Å². The van der Waals surface area contributed by atoms with E-state index in [9.17, 15) is 9.59 Å². The Balaban J connectivity index is 2.40. The number of nitrogens with zero attached hydrogens (tertiary/aromatic N) is 2. The number of carbonyl (C=O) groups excluding carboxylic acids is 2. The summed E-state index contributed by atoms with van der Waals surface area (Å²) in [4.78, 5) is 32.4. The van der Waals surface area contributed by atoms with Crippen LogP contribution in [-0.4, -0.2) is 28.3 Å². The zero-order valence-electron chi connectivity index (χ0n) is 11.5. The van der Waals surface area contributed by atoms with Crippen molar-refractivity contribution in [2.45, 2.75) is 6.92 Å². The van der Waals surface area contributed by atoms with Crippen molar-refractivity contribution in [1.82, 2.24) is 9.97 Å². The second-order valence-electron chi connectivity index (χ2n) is 4.10. The molecule has 106 valence electrons. The molecule has 0 aromatic carbocycles. The van der Waals surface area contributed by atoms with Crippen LogP contribution in [0.15, 0.2) is 54.5 Å². The summed E-state index contributed by atoms with van der Waals surface area (Å²) in [5, 5.41) is 0. The maximum Gasteiger partial charge on any atom is 0.342 e. The Kier molecular flexibility index (Phi) is 4.93. The molecule has 0 saturated heterocycles. The summed E-state index contributed by atoms with van der Waals surface area (Å²) in [6, 6.07) is 8.47. The lowest BCUT2D eigenvalue weighted by Crippen LogP contribution is -2.16. The number of carbonyl (C=O) groups is 2. The van der Waals surface area contributed by atoms with Crippen LogP contribution in [0.4, 0.5) is 0 Å². The van der Waals surface area contributed by atoms with E-state index in [0.29, 0.717) is 11.3 Å². The van der Waals surface area contributed by atoms with Gasteiger partial charge in [0, 0.05) is 24.2 Å². The molecule has 0 spiro atoms. The molecule has 21 heavy (non-hydrogen) atoms. The van der Waals surface area contributed by atoms with Gasteiger partial charge in [-0.25, -0.2) is 4.79 Å². The summed E-state index contributed by atoms with van der Waals surface area (Å²) in [5.74, 6) is -1.11. The zero-order valence-corrected chi connectivity index (χ0v) is 11.5. The first-order valence-electron chi connectivity index (χ1n) is 6.47. The van der Waals surface area contributed by atoms with Crippen molar-refractivity contribution in [1.29, 1.82) is 0 Å². The summed E-state index contributed by atoms with van der Waals surface area (Å²) >= 11 is 0. The second kappa shape index (κ2) is 7.09. The molecular formula is C16H14N2O3. The van der Waals surface area contributed by atoms with Crippen LogP contribution in [0.2, 0.25) is 0 Å². The first-order chi connectivity index (χ1) is 10.2. The Hall–Kier alpha value is -2.82. The number of esters is 1. The van der Waals surface area contributed by atoms with Crippen molar-refractivity contribution in [2.24, 2.45) is 0 Å². The first-order valence-corrected chi connectivity index (χ1v) is 6.47. The van der Waals surface area contributed by atoms with Crippen LogP contribution in [0.1, 0.15) is 23.0 Å². The SMILES string of the molecule is CCOC(=O)C(=Cc1ccccn1)C(=O)c1cccnc1. The number of aromatic nitrogens is 2. The van der Waals surface area contributed by atoms with Crippen molar-refractivity contribution < 1.29 is 14.3 Å². The molecule has 2 aromatic heterocycles. The van der Waals surface area contributed by atoms with Gasteiger partial charge in [-0.05, 0) is 37.3 Å². The highest BCUT2D eigenvalue weighted by atomic mass is 16.5. The van der Waals surface area contributed by atoms with Gasteiger partial charge in [-0.2, -0.15) is 0 Å². The van der Waals surface area contributed by atoms with Crippen LogP contribution < -0.4 is 0 Å². The standard InChI is InChI=1S/C16H14N2O3/c1-2-21-16(20)14(10-13-7-3-4-9-18-13)15(19)12-6-5-8-17-11-12/h3-11H,2H2,1H3. The summed E-state index contributed by atoms with van der Waals surface area (Å²) in [5.41, 5.74) is 0.772. The smallest absolute Gasteiger partial charge is 0.342 e. The maximum atomic E-state index is 12.4. The van der Waals surface area contributed by atoms with Gasteiger partial charge in [-0.3, -0.25) is 14.8 Å². The average Bonchev–Trinajstić information content (AvgIpc) is 2.54. The molecule has 5 nitrogen and oxygen atoms in total. The Morgan fingerprint density at radius 1 is 1.19 bits per heavy atom. The largest absolute Gasteiger partial charge is 0.462 e. The molecule has 0 N–H and O–H groups in total.